The van der Waals surface area contributed by atoms with E-state index in [0.717, 1.165) is 28.0 Å². The fourth-order valence-corrected chi connectivity index (χ4v) is 4.48. The zero-order valence-electron chi connectivity index (χ0n) is 17.8. The van der Waals surface area contributed by atoms with Crippen LogP contribution in [0.3, 0.4) is 0 Å². The molecule has 5 nitrogen and oxygen atoms in total. The van der Waals surface area contributed by atoms with Crippen molar-refractivity contribution in [2.75, 3.05) is 0 Å². The fraction of sp³-hybridized carbons (Fsp3) is 0.115. The van der Waals surface area contributed by atoms with E-state index in [4.69, 9.17) is 4.74 Å². The maximum atomic E-state index is 13.2. The van der Waals surface area contributed by atoms with Gasteiger partial charge in [0.1, 0.15) is 12.4 Å². The maximum absolute atomic E-state index is 13.2. The number of para-hydroxylation sites is 1. The lowest BCUT2D eigenvalue weighted by atomic mass is 10.1. The Labute approximate surface area is 189 Å². The van der Waals surface area contributed by atoms with Crippen LogP contribution >= 0.6 is 11.3 Å². The van der Waals surface area contributed by atoms with Crippen molar-refractivity contribution >= 4 is 22.4 Å². The van der Waals surface area contributed by atoms with Gasteiger partial charge in [-0.3, -0.25) is 4.79 Å². The van der Waals surface area contributed by atoms with Crippen molar-refractivity contribution in [2.45, 2.75) is 20.5 Å². The molecule has 0 fully saturated rings. The van der Waals surface area contributed by atoms with Gasteiger partial charge in [0.05, 0.1) is 4.53 Å². The Bertz CT molecular complexity index is 1520. The number of hydrogen-bond acceptors (Lipinski definition) is 5. The Kier molecular flexibility index (Phi) is 5.29. The summed E-state index contributed by atoms with van der Waals surface area (Å²) in [6.07, 6.45) is 1.87. The number of rotatable bonds is 5. The van der Waals surface area contributed by atoms with E-state index in [1.165, 1.54) is 16.9 Å². The van der Waals surface area contributed by atoms with Crippen LogP contribution in [-0.4, -0.2) is 14.6 Å². The summed E-state index contributed by atoms with van der Waals surface area (Å²) >= 11 is 1.33. The van der Waals surface area contributed by atoms with Crippen LogP contribution in [0.1, 0.15) is 22.3 Å². The van der Waals surface area contributed by atoms with Gasteiger partial charge in [-0.05, 0) is 37.1 Å². The molecule has 0 saturated carbocycles. The van der Waals surface area contributed by atoms with E-state index in [9.17, 15) is 4.79 Å². The number of thiazole rings is 1. The Balaban J connectivity index is 1.53. The lowest BCUT2D eigenvalue weighted by Gasteiger charge is -2.09. The summed E-state index contributed by atoms with van der Waals surface area (Å²) in [6.45, 7) is 4.53. The van der Waals surface area contributed by atoms with Crippen molar-refractivity contribution in [3.8, 4) is 17.1 Å². The molecule has 6 heteroatoms. The third-order valence-corrected chi connectivity index (χ3v) is 6.31. The largest absolute Gasteiger partial charge is 0.488 e. The van der Waals surface area contributed by atoms with Gasteiger partial charge in [-0.1, -0.05) is 83.6 Å². The van der Waals surface area contributed by atoms with Crippen LogP contribution in [0.25, 0.3) is 22.4 Å². The standard InChI is InChI=1S/C26H21N3O2S/c1-17-11-13-19(14-12-17)16-31-22-10-6-4-8-20(22)15-23-25(30)29-24(27-28-26(29)32-23)21-9-5-3-7-18(21)2/h3-15H,16H2,1-2H3/b23-15+. The second-order valence-corrected chi connectivity index (χ2v) is 8.69. The van der Waals surface area contributed by atoms with Gasteiger partial charge in [-0.25, -0.2) is 4.40 Å². The van der Waals surface area contributed by atoms with Crippen LogP contribution < -0.4 is 14.8 Å². The molecule has 0 radical (unpaired) electrons. The summed E-state index contributed by atoms with van der Waals surface area (Å²) in [7, 11) is 0. The summed E-state index contributed by atoms with van der Waals surface area (Å²) in [4.78, 5) is 13.8. The second-order valence-electron chi connectivity index (χ2n) is 7.68. The molecule has 2 aromatic heterocycles. The number of ether oxygens (including phenoxy) is 1. The highest BCUT2D eigenvalue weighted by molar-refractivity contribution is 7.15. The zero-order chi connectivity index (χ0) is 22.1. The van der Waals surface area contributed by atoms with Gasteiger partial charge in [0.25, 0.3) is 5.56 Å². The Morgan fingerprint density at radius 3 is 2.50 bits per heavy atom. The molecule has 0 spiro atoms. The molecular weight excluding hydrogens is 418 g/mol. The first-order valence-electron chi connectivity index (χ1n) is 10.3. The molecule has 0 unspecified atom stereocenters. The molecule has 5 aromatic rings. The van der Waals surface area contributed by atoms with Gasteiger partial charge in [-0.2, -0.15) is 0 Å². The smallest absolute Gasteiger partial charge is 0.276 e. The van der Waals surface area contributed by atoms with Crippen LogP contribution in [0.2, 0.25) is 0 Å². The number of aromatic nitrogens is 3. The third-order valence-electron chi connectivity index (χ3n) is 5.35. The molecule has 0 aliphatic heterocycles. The predicted octanol–water partition coefficient (Wildman–Crippen LogP) is 4.56. The SMILES string of the molecule is Cc1ccc(COc2ccccc2/C=c2/sc3nnc(-c4ccccc4C)n3c2=O)cc1. The summed E-state index contributed by atoms with van der Waals surface area (Å²) < 4.78 is 8.26. The Morgan fingerprint density at radius 2 is 1.69 bits per heavy atom. The van der Waals surface area contributed by atoms with Gasteiger partial charge in [0.15, 0.2) is 5.82 Å². The number of hydrogen-bond donors (Lipinski definition) is 0. The Morgan fingerprint density at radius 1 is 0.938 bits per heavy atom. The van der Waals surface area contributed by atoms with Gasteiger partial charge in [-0.15, -0.1) is 10.2 Å². The monoisotopic (exact) mass is 439 g/mol. The van der Waals surface area contributed by atoms with Crippen LogP contribution in [0.15, 0.2) is 77.6 Å². The second kappa shape index (κ2) is 8.40. The zero-order valence-corrected chi connectivity index (χ0v) is 18.6. The molecule has 2 heterocycles. The van der Waals surface area contributed by atoms with Crippen molar-refractivity contribution in [3.05, 3.63) is 110 Å². The van der Waals surface area contributed by atoms with Gasteiger partial charge in [0.2, 0.25) is 4.96 Å². The van der Waals surface area contributed by atoms with Gasteiger partial charge < -0.3 is 4.74 Å². The van der Waals surface area contributed by atoms with Crippen molar-refractivity contribution in [2.24, 2.45) is 0 Å². The molecule has 3 aromatic carbocycles. The minimum absolute atomic E-state index is 0.124. The van der Waals surface area contributed by atoms with E-state index >= 15 is 0 Å². The van der Waals surface area contributed by atoms with E-state index in [2.05, 4.69) is 41.4 Å². The van der Waals surface area contributed by atoms with Crippen LogP contribution in [-0.2, 0) is 6.61 Å². The minimum Gasteiger partial charge on any atom is -0.488 e. The van der Waals surface area contributed by atoms with Crippen molar-refractivity contribution in [3.63, 3.8) is 0 Å². The molecule has 0 aliphatic rings. The number of benzene rings is 3. The topological polar surface area (TPSA) is 56.5 Å². The van der Waals surface area contributed by atoms with Crippen molar-refractivity contribution in [1.82, 2.24) is 14.6 Å². The van der Waals surface area contributed by atoms with E-state index < -0.39 is 0 Å². The average Bonchev–Trinajstić information content (AvgIpc) is 3.35. The molecular formula is C26H21N3O2S. The third kappa shape index (κ3) is 3.81. The van der Waals surface area contributed by atoms with Crippen LogP contribution in [0.5, 0.6) is 5.75 Å². The van der Waals surface area contributed by atoms with E-state index in [1.54, 1.807) is 4.40 Å². The first kappa shape index (κ1) is 20.2. The molecule has 0 bridgehead atoms. The molecule has 32 heavy (non-hydrogen) atoms. The first-order valence-corrected chi connectivity index (χ1v) is 11.1. The summed E-state index contributed by atoms with van der Waals surface area (Å²) in [5.41, 5.74) is 5.00. The number of nitrogens with zero attached hydrogens (tertiary/aromatic N) is 3. The quantitative estimate of drug-likeness (QED) is 0.403. The summed E-state index contributed by atoms with van der Waals surface area (Å²) in [5.74, 6) is 1.30. The highest BCUT2D eigenvalue weighted by atomic mass is 32.1. The van der Waals surface area contributed by atoms with Gasteiger partial charge >= 0.3 is 0 Å². The molecule has 5 rings (SSSR count). The van der Waals surface area contributed by atoms with Crippen LogP contribution in [0, 0.1) is 13.8 Å². The highest BCUT2D eigenvalue weighted by Gasteiger charge is 2.15. The van der Waals surface area contributed by atoms with Crippen LogP contribution in [0.4, 0.5) is 0 Å². The van der Waals surface area contributed by atoms with Crippen molar-refractivity contribution in [1.29, 1.82) is 0 Å². The normalized spacial score (nSPS) is 11.9. The first-order chi connectivity index (χ1) is 15.6. The molecule has 0 saturated heterocycles. The lowest BCUT2D eigenvalue weighted by Crippen LogP contribution is -2.23. The Hall–Kier alpha value is -3.77. The molecule has 158 valence electrons. The lowest BCUT2D eigenvalue weighted by molar-refractivity contribution is 0.305. The maximum Gasteiger partial charge on any atom is 0.276 e. The molecule has 0 atom stereocenters. The number of fused-ring (bicyclic) bond motifs is 1. The van der Waals surface area contributed by atoms with E-state index in [1.807, 2.05) is 61.5 Å². The highest BCUT2D eigenvalue weighted by Crippen LogP contribution is 2.23. The van der Waals surface area contributed by atoms with Crippen molar-refractivity contribution < 1.29 is 4.74 Å². The predicted molar refractivity (Wildman–Crippen MR) is 128 cm³/mol. The molecule has 0 aliphatic carbocycles. The van der Waals surface area contributed by atoms with E-state index in [0.29, 0.717) is 21.9 Å². The fourth-order valence-electron chi connectivity index (χ4n) is 3.58. The average molecular weight is 440 g/mol. The summed E-state index contributed by atoms with van der Waals surface area (Å²) in [6, 6.07) is 23.9. The number of aryl methyl sites for hydroxylation is 2. The minimum atomic E-state index is -0.124. The summed E-state index contributed by atoms with van der Waals surface area (Å²) in [5, 5.41) is 8.51. The molecule has 0 amide bonds. The van der Waals surface area contributed by atoms with E-state index in [-0.39, 0.29) is 5.56 Å². The molecule has 0 N–H and O–H groups in total. The van der Waals surface area contributed by atoms with Gasteiger partial charge in [0, 0.05) is 11.1 Å².